The first kappa shape index (κ1) is 14.4. The lowest BCUT2D eigenvalue weighted by atomic mass is 9.64. The summed E-state index contributed by atoms with van der Waals surface area (Å²) >= 11 is 0. The van der Waals surface area contributed by atoms with E-state index in [1.165, 1.54) is 6.07 Å². The Bertz CT molecular complexity index is 573. The van der Waals surface area contributed by atoms with Crippen molar-refractivity contribution >= 4 is 11.6 Å². The van der Waals surface area contributed by atoms with Crippen LogP contribution in [0.15, 0.2) is 18.2 Å². The Balaban J connectivity index is 2.11. The molecule has 2 unspecified atom stereocenters. The van der Waals surface area contributed by atoms with E-state index in [9.17, 15) is 24.4 Å². The lowest BCUT2D eigenvalue weighted by molar-refractivity contribution is -0.387. The normalized spacial score (nSPS) is 23.8. The predicted octanol–water partition coefficient (Wildman–Crippen LogP) is 1.62. The highest BCUT2D eigenvalue weighted by atomic mass is 19.1. The third-order valence-corrected chi connectivity index (χ3v) is 3.93. The van der Waals surface area contributed by atoms with Gasteiger partial charge >= 0.3 is 5.69 Å². The highest BCUT2D eigenvalue weighted by molar-refractivity contribution is 5.94. The molecule has 1 aliphatic rings. The Morgan fingerprint density at radius 2 is 2.20 bits per heavy atom. The molecule has 1 amide bonds. The number of nitrogens with zero attached hydrogens (tertiary/aromatic N) is 1. The second-order valence-electron chi connectivity index (χ2n) is 5.52. The Hall–Kier alpha value is -2.02. The summed E-state index contributed by atoms with van der Waals surface area (Å²) in [6, 6.07) is 2.81. The van der Waals surface area contributed by atoms with Crippen LogP contribution in [0.3, 0.4) is 0 Å². The van der Waals surface area contributed by atoms with Crippen LogP contribution in [-0.2, 0) is 0 Å². The molecule has 20 heavy (non-hydrogen) atoms. The molecular formula is C13H15FN2O4. The molecular weight excluding hydrogens is 267 g/mol. The van der Waals surface area contributed by atoms with E-state index >= 15 is 0 Å². The van der Waals surface area contributed by atoms with Crippen LogP contribution < -0.4 is 5.32 Å². The summed E-state index contributed by atoms with van der Waals surface area (Å²) in [7, 11) is 0. The Labute approximate surface area is 114 Å². The van der Waals surface area contributed by atoms with Crippen LogP contribution in [0.4, 0.5) is 10.1 Å². The van der Waals surface area contributed by atoms with Gasteiger partial charge in [-0.05, 0) is 18.6 Å². The quantitative estimate of drug-likeness (QED) is 0.651. The Kier molecular flexibility index (Phi) is 3.47. The van der Waals surface area contributed by atoms with Gasteiger partial charge in [0, 0.05) is 23.1 Å². The fraction of sp³-hybridized carbons (Fsp3) is 0.462. The molecule has 108 valence electrons. The summed E-state index contributed by atoms with van der Waals surface area (Å²) in [5.74, 6) is -1.56. The molecule has 0 heterocycles. The van der Waals surface area contributed by atoms with Crippen molar-refractivity contribution in [3.63, 3.8) is 0 Å². The average molecular weight is 282 g/mol. The molecule has 1 saturated carbocycles. The SMILES string of the molecule is CC1(C)C(O)CC1NC(=O)c1ccc([N+](=O)[O-])c(F)c1. The fourth-order valence-electron chi connectivity index (χ4n) is 2.19. The van der Waals surface area contributed by atoms with Gasteiger partial charge in [0.2, 0.25) is 5.82 Å². The summed E-state index contributed by atoms with van der Waals surface area (Å²) in [5, 5.41) is 22.8. The lowest BCUT2D eigenvalue weighted by Crippen LogP contribution is -2.61. The van der Waals surface area contributed by atoms with E-state index in [1.807, 2.05) is 13.8 Å². The maximum absolute atomic E-state index is 13.4. The van der Waals surface area contributed by atoms with Crippen molar-refractivity contribution in [2.24, 2.45) is 5.41 Å². The van der Waals surface area contributed by atoms with Gasteiger partial charge in [-0.1, -0.05) is 13.8 Å². The number of hydrogen-bond acceptors (Lipinski definition) is 4. The number of rotatable bonds is 3. The average Bonchev–Trinajstić information content (AvgIpc) is 2.37. The zero-order chi connectivity index (χ0) is 15.1. The molecule has 1 aromatic carbocycles. The zero-order valence-electron chi connectivity index (χ0n) is 11.1. The summed E-state index contributed by atoms with van der Waals surface area (Å²) in [5.41, 5.74) is -1.08. The van der Waals surface area contributed by atoms with Crippen molar-refractivity contribution in [1.29, 1.82) is 0 Å². The second kappa shape index (κ2) is 4.82. The molecule has 6 nitrogen and oxygen atoms in total. The number of carbonyl (C=O) groups is 1. The molecule has 0 spiro atoms. The summed E-state index contributed by atoms with van der Waals surface area (Å²) < 4.78 is 13.4. The van der Waals surface area contributed by atoms with E-state index in [2.05, 4.69) is 5.32 Å². The van der Waals surface area contributed by atoms with Gasteiger partial charge in [-0.25, -0.2) is 0 Å². The zero-order valence-corrected chi connectivity index (χ0v) is 11.1. The van der Waals surface area contributed by atoms with E-state index in [1.54, 1.807) is 0 Å². The number of aliphatic hydroxyl groups excluding tert-OH is 1. The number of carbonyl (C=O) groups excluding carboxylic acids is 1. The Morgan fingerprint density at radius 3 is 2.65 bits per heavy atom. The molecule has 1 aromatic rings. The summed E-state index contributed by atoms with van der Waals surface area (Å²) in [4.78, 5) is 21.6. The largest absolute Gasteiger partial charge is 0.392 e. The van der Waals surface area contributed by atoms with E-state index in [-0.39, 0.29) is 11.6 Å². The number of nitrogens with one attached hydrogen (secondary N) is 1. The fourth-order valence-corrected chi connectivity index (χ4v) is 2.19. The summed E-state index contributed by atoms with van der Waals surface area (Å²) in [6.07, 6.45) is -0.0461. The number of amides is 1. The van der Waals surface area contributed by atoms with Crippen molar-refractivity contribution in [2.45, 2.75) is 32.4 Å². The molecule has 1 aliphatic carbocycles. The minimum Gasteiger partial charge on any atom is -0.392 e. The molecule has 0 radical (unpaired) electrons. The van der Waals surface area contributed by atoms with Crippen LogP contribution in [0, 0.1) is 21.3 Å². The van der Waals surface area contributed by atoms with Crippen LogP contribution in [-0.4, -0.2) is 28.1 Å². The van der Waals surface area contributed by atoms with Crippen LogP contribution in [0.2, 0.25) is 0 Å². The maximum Gasteiger partial charge on any atom is 0.304 e. The number of aliphatic hydroxyl groups is 1. The maximum atomic E-state index is 13.4. The molecule has 2 atom stereocenters. The highest BCUT2D eigenvalue weighted by Crippen LogP contribution is 2.40. The van der Waals surface area contributed by atoms with Crippen LogP contribution in [0.5, 0.6) is 0 Å². The third kappa shape index (κ3) is 2.36. The lowest BCUT2D eigenvalue weighted by Gasteiger charge is -2.49. The minimum absolute atomic E-state index is 0.0188. The number of nitro benzene ring substituents is 1. The molecule has 2 rings (SSSR count). The molecule has 1 fully saturated rings. The third-order valence-electron chi connectivity index (χ3n) is 3.93. The van der Waals surface area contributed by atoms with Crippen molar-refractivity contribution in [3.8, 4) is 0 Å². The molecule has 0 saturated heterocycles. The highest BCUT2D eigenvalue weighted by Gasteiger charge is 2.48. The van der Waals surface area contributed by atoms with E-state index in [0.717, 1.165) is 12.1 Å². The van der Waals surface area contributed by atoms with Gasteiger partial charge in [0.15, 0.2) is 0 Å². The first-order valence-electron chi connectivity index (χ1n) is 6.16. The summed E-state index contributed by atoms with van der Waals surface area (Å²) in [6.45, 7) is 3.64. The van der Waals surface area contributed by atoms with Crippen molar-refractivity contribution in [2.75, 3.05) is 0 Å². The monoisotopic (exact) mass is 282 g/mol. The van der Waals surface area contributed by atoms with Gasteiger partial charge in [-0.15, -0.1) is 0 Å². The molecule has 7 heteroatoms. The topological polar surface area (TPSA) is 92.5 Å². The molecule has 2 N–H and O–H groups in total. The van der Waals surface area contributed by atoms with E-state index in [4.69, 9.17) is 0 Å². The van der Waals surface area contributed by atoms with Gasteiger partial charge in [-0.2, -0.15) is 4.39 Å². The number of halogens is 1. The molecule has 0 aliphatic heterocycles. The van der Waals surface area contributed by atoms with Gasteiger partial charge in [0.05, 0.1) is 11.0 Å². The van der Waals surface area contributed by atoms with Crippen LogP contribution in [0.1, 0.15) is 30.6 Å². The predicted molar refractivity (Wildman–Crippen MR) is 68.7 cm³/mol. The van der Waals surface area contributed by atoms with Crippen LogP contribution >= 0.6 is 0 Å². The first-order valence-corrected chi connectivity index (χ1v) is 6.16. The van der Waals surface area contributed by atoms with Gasteiger partial charge in [-0.3, -0.25) is 14.9 Å². The smallest absolute Gasteiger partial charge is 0.304 e. The number of hydrogen-bond donors (Lipinski definition) is 2. The molecule has 0 aromatic heterocycles. The Morgan fingerprint density at radius 1 is 1.55 bits per heavy atom. The minimum atomic E-state index is -1.05. The van der Waals surface area contributed by atoms with Gasteiger partial charge < -0.3 is 10.4 Å². The molecule has 0 bridgehead atoms. The van der Waals surface area contributed by atoms with E-state index < -0.39 is 33.9 Å². The van der Waals surface area contributed by atoms with E-state index in [0.29, 0.717) is 6.42 Å². The standard InChI is InChI=1S/C13H15FN2O4/c1-13(2)10(6-11(13)17)15-12(18)7-3-4-9(16(19)20)8(14)5-7/h3-5,10-11,17H,6H2,1-2H3,(H,15,18). The van der Waals surface area contributed by atoms with Crippen LogP contribution in [0.25, 0.3) is 0 Å². The van der Waals surface area contributed by atoms with Gasteiger partial charge in [0.1, 0.15) is 0 Å². The van der Waals surface area contributed by atoms with Crippen molar-refractivity contribution in [3.05, 3.63) is 39.7 Å². The first-order chi connectivity index (χ1) is 9.23. The van der Waals surface area contributed by atoms with Gasteiger partial charge in [0.25, 0.3) is 5.91 Å². The van der Waals surface area contributed by atoms with Crippen molar-refractivity contribution in [1.82, 2.24) is 5.32 Å². The number of benzene rings is 1. The number of nitro groups is 1. The second-order valence-corrected chi connectivity index (χ2v) is 5.52. The van der Waals surface area contributed by atoms with Crippen molar-refractivity contribution < 1.29 is 19.2 Å².